The molecule has 0 aromatic heterocycles. The molecule has 2 aromatic carbocycles. The highest BCUT2D eigenvalue weighted by molar-refractivity contribution is 8.00. The van der Waals surface area contributed by atoms with Gasteiger partial charge < -0.3 is 4.90 Å². The van der Waals surface area contributed by atoms with Gasteiger partial charge in [-0.15, -0.1) is 11.8 Å². The summed E-state index contributed by atoms with van der Waals surface area (Å²) in [7, 11) is -3.53. The Hall–Kier alpha value is -1.54. The van der Waals surface area contributed by atoms with Gasteiger partial charge in [-0.25, -0.2) is 8.42 Å². The first-order valence-electron chi connectivity index (χ1n) is 9.59. The number of aryl methyl sites for hydroxylation is 1. The van der Waals surface area contributed by atoms with E-state index >= 15 is 0 Å². The Kier molecular flexibility index (Phi) is 7.27. The first kappa shape index (κ1) is 22.2. The number of benzene rings is 2. The minimum atomic E-state index is -3.53. The number of piperazine rings is 1. The van der Waals surface area contributed by atoms with Crippen molar-refractivity contribution in [2.24, 2.45) is 0 Å². The van der Waals surface area contributed by atoms with Crippen LogP contribution in [0.3, 0.4) is 0 Å². The monoisotopic (exact) mass is 452 g/mol. The molecular formula is C21H25ClN2O3S2. The van der Waals surface area contributed by atoms with Crippen molar-refractivity contribution >= 4 is 39.3 Å². The van der Waals surface area contributed by atoms with Crippen LogP contribution in [0, 0.1) is 6.92 Å². The highest BCUT2D eigenvalue weighted by atomic mass is 35.5. The van der Waals surface area contributed by atoms with E-state index < -0.39 is 10.0 Å². The van der Waals surface area contributed by atoms with Crippen LogP contribution in [-0.4, -0.2) is 55.0 Å². The van der Waals surface area contributed by atoms with Crippen LogP contribution in [0.5, 0.6) is 0 Å². The Labute approximate surface area is 182 Å². The van der Waals surface area contributed by atoms with Gasteiger partial charge in [0.15, 0.2) is 0 Å². The standard InChI is InChI=1S/C21H25ClN2O3S2/c1-3-20(28-18-8-6-17(22)7-9-18)21(25)23-12-14-24(15-13-23)29(26,27)19-10-4-16(2)5-11-19/h4-11,20H,3,12-15H2,1-2H3/t20-/m0/s1. The summed E-state index contributed by atoms with van der Waals surface area (Å²) in [5, 5.41) is 0.469. The van der Waals surface area contributed by atoms with E-state index in [1.165, 1.54) is 16.1 Å². The van der Waals surface area contributed by atoms with Gasteiger partial charge >= 0.3 is 0 Å². The molecule has 156 valence electrons. The number of carbonyl (C=O) groups excluding carboxylic acids is 1. The zero-order chi connectivity index (χ0) is 21.0. The van der Waals surface area contributed by atoms with Gasteiger partial charge in [0.2, 0.25) is 15.9 Å². The fourth-order valence-electron chi connectivity index (χ4n) is 3.20. The molecule has 3 rings (SSSR count). The average Bonchev–Trinajstić information content (AvgIpc) is 2.73. The molecule has 1 heterocycles. The van der Waals surface area contributed by atoms with Crippen LogP contribution in [0.1, 0.15) is 18.9 Å². The number of hydrogen-bond donors (Lipinski definition) is 0. The highest BCUT2D eigenvalue weighted by Gasteiger charge is 2.32. The van der Waals surface area contributed by atoms with Crippen molar-refractivity contribution in [1.82, 2.24) is 9.21 Å². The Balaban J connectivity index is 1.62. The summed E-state index contributed by atoms with van der Waals surface area (Å²) in [4.78, 5) is 16.0. The Morgan fingerprint density at radius 3 is 2.17 bits per heavy atom. The molecule has 0 bridgehead atoms. The predicted molar refractivity (Wildman–Crippen MR) is 118 cm³/mol. The van der Waals surface area contributed by atoms with E-state index in [-0.39, 0.29) is 11.2 Å². The molecule has 8 heteroatoms. The molecule has 1 amide bonds. The number of amides is 1. The van der Waals surface area contributed by atoms with Gasteiger partial charge in [0.25, 0.3) is 0 Å². The first-order valence-corrected chi connectivity index (χ1v) is 12.3. The Bertz CT molecular complexity index is 939. The van der Waals surface area contributed by atoms with E-state index in [0.29, 0.717) is 42.5 Å². The Morgan fingerprint density at radius 1 is 1.03 bits per heavy atom. The first-order chi connectivity index (χ1) is 13.8. The lowest BCUT2D eigenvalue weighted by Gasteiger charge is -2.35. The molecule has 1 saturated heterocycles. The van der Waals surface area contributed by atoms with Crippen molar-refractivity contribution in [3.8, 4) is 0 Å². The Morgan fingerprint density at radius 2 is 1.62 bits per heavy atom. The third kappa shape index (κ3) is 5.34. The molecule has 1 aliphatic rings. The summed E-state index contributed by atoms with van der Waals surface area (Å²) in [6.45, 7) is 5.34. The number of nitrogens with zero attached hydrogens (tertiary/aromatic N) is 2. The van der Waals surface area contributed by atoms with E-state index in [1.807, 2.05) is 38.1 Å². The molecule has 1 aliphatic heterocycles. The maximum Gasteiger partial charge on any atom is 0.243 e. The van der Waals surface area contributed by atoms with Crippen LogP contribution in [-0.2, 0) is 14.8 Å². The number of thioether (sulfide) groups is 1. The molecule has 1 fully saturated rings. The molecular weight excluding hydrogens is 428 g/mol. The van der Waals surface area contributed by atoms with Crippen LogP contribution in [0.4, 0.5) is 0 Å². The van der Waals surface area contributed by atoms with Crippen molar-refractivity contribution in [2.45, 2.75) is 35.3 Å². The smallest absolute Gasteiger partial charge is 0.243 e. The average molecular weight is 453 g/mol. The number of rotatable bonds is 6. The van der Waals surface area contributed by atoms with Crippen LogP contribution < -0.4 is 0 Å². The molecule has 0 aliphatic carbocycles. The lowest BCUT2D eigenvalue weighted by atomic mass is 10.2. The summed E-state index contributed by atoms with van der Waals surface area (Å²) in [5.74, 6) is 0.0554. The molecule has 2 aromatic rings. The molecule has 29 heavy (non-hydrogen) atoms. The SMILES string of the molecule is CC[C@H](Sc1ccc(Cl)cc1)C(=O)N1CCN(S(=O)(=O)c2ccc(C)cc2)CC1. The van der Waals surface area contributed by atoms with E-state index in [2.05, 4.69) is 0 Å². The summed E-state index contributed by atoms with van der Waals surface area (Å²) in [6, 6.07) is 14.3. The van der Waals surface area contributed by atoms with Crippen molar-refractivity contribution < 1.29 is 13.2 Å². The molecule has 0 spiro atoms. The normalized spacial score (nSPS) is 16.6. The number of hydrogen-bond acceptors (Lipinski definition) is 4. The van der Waals surface area contributed by atoms with E-state index in [9.17, 15) is 13.2 Å². The van der Waals surface area contributed by atoms with Crippen molar-refractivity contribution in [3.05, 3.63) is 59.1 Å². The van der Waals surface area contributed by atoms with Crippen molar-refractivity contribution in [2.75, 3.05) is 26.2 Å². The summed E-state index contributed by atoms with van der Waals surface area (Å²) < 4.78 is 27.1. The summed E-state index contributed by atoms with van der Waals surface area (Å²) >= 11 is 7.45. The van der Waals surface area contributed by atoms with Gasteiger partial charge in [-0.05, 0) is 49.7 Å². The number of sulfonamides is 1. The van der Waals surface area contributed by atoms with Crippen LogP contribution in [0.15, 0.2) is 58.3 Å². The zero-order valence-corrected chi connectivity index (χ0v) is 18.9. The van der Waals surface area contributed by atoms with E-state index in [4.69, 9.17) is 11.6 Å². The zero-order valence-electron chi connectivity index (χ0n) is 16.5. The van der Waals surface area contributed by atoms with Gasteiger partial charge in [0.1, 0.15) is 0 Å². The second-order valence-electron chi connectivity index (χ2n) is 7.01. The van der Waals surface area contributed by atoms with Crippen LogP contribution in [0.2, 0.25) is 5.02 Å². The predicted octanol–water partition coefficient (Wildman–Crippen LogP) is 4.05. The number of halogens is 1. The van der Waals surface area contributed by atoms with Crippen molar-refractivity contribution in [3.63, 3.8) is 0 Å². The van der Waals surface area contributed by atoms with Crippen LogP contribution in [0.25, 0.3) is 0 Å². The molecule has 0 unspecified atom stereocenters. The molecule has 5 nitrogen and oxygen atoms in total. The van der Waals surface area contributed by atoms with E-state index in [0.717, 1.165) is 10.5 Å². The van der Waals surface area contributed by atoms with Crippen LogP contribution >= 0.6 is 23.4 Å². The molecule has 0 radical (unpaired) electrons. The minimum absolute atomic E-state index is 0.0554. The number of carbonyl (C=O) groups is 1. The fraction of sp³-hybridized carbons (Fsp3) is 0.381. The second kappa shape index (κ2) is 9.51. The third-order valence-electron chi connectivity index (χ3n) is 4.95. The maximum absolute atomic E-state index is 13.0. The second-order valence-corrected chi connectivity index (χ2v) is 10.7. The molecule has 1 atom stereocenters. The van der Waals surface area contributed by atoms with E-state index in [1.54, 1.807) is 29.2 Å². The summed E-state index contributed by atoms with van der Waals surface area (Å²) in [6.07, 6.45) is 0.702. The molecule has 0 saturated carbocycles. The van der Waals surface area contributed by atoms with Crippen molar-refractivity contribution in [1.29, 1.82) is 0 Å². The fourth-order valence-corrected chi connectivity index (χ4v) is 5.78. The van der Waals surface area contributed by atoms with Gasteiger partial charge in [0, 0.05) is 36.1 Å². The summed E-state index contributed by atoms with van der Waals surface area (Å²) in [5.41, 5.74) is 1.02. The van der Waals surface area contributed by atoms with Gasteiger partial charge in [-0.1, -0.05) is 36.2 Å². The lowest BCUT2D eigenvalue weighted by Crippen LogP contribution is -2.52. The molecule has 0 N–H and O–H groups in total. The van der Waals surface area contributed by atoms with Gasteiger partial charge in [-0.3, -0.25) is 4.79 Å². The highest BCUT2D eigenvalue weighted by Crippen LogP contribution is 2.28. The third-order valence-corrected chi connectivity index (χ3v) is 8.48. The maximum atomic E-state index is 13.0. The largest absolute Gasteiger partial charge is 0.339 e. The lowest BCUT2D eigenvalue weighted by molar-refractivity contribution is -0.131. The van der Waals surface area contributed by atoms with Gasteiger partial charge in [0.05, 0.1) is 10.1 Å². The quantitative estimate of drug-likeness (QED) is 0.620. The minimum Gasteiger partial charge on any atom is -0.339 e. The topological polar surface area (TPSA) is 57.7 Å². The van der Waals surface area contributed by atoms with Gasteiger partial charge in [-0.2, -0.15) is 4.31 Å².